The smallest absolute Gasteiger partial charge is 0.334 e. The SMILES string of the molecule is CC(=O)SCCOP(=O)(NCc1ccccc1)c1ccc(-c2nc(N)sc2CC(C)C)o1. The molecule has 10 heteroatoms. The monoisotopic (exact) mass is 493 g/mol. The zero-order chi connectivity index (χ0) is 23.1. The number of nitrogens with two attached hydrogens (primary N) is 1. The molecule has 1 atom stereocenters. The van der Waals surface area contributed by atoms with E-state index in [4.69, 9.17) is 14.7 Å². The molecule has 3 aromatic rings. The van der Waals surface area contributed by atoms with Gasteiger partial charge in [-0.2, -0.15) is 0 Å². The van der Waals surface area contributed by atoms with Crippen LogP contribution < -0.4 is 16.3 Å². The van der Waals surface area contributed by atoms with Crippen molar-refractivity contribution in [3.63, 3.8) is 0 Å². The Balaban J connectivity index is 1.84. The van der Waals surface area contributed by atoms with E-state index in [9.17, 15) is 9.36 Å². The number of rotatable bonds is 11. The van der Waals surface area contributed by atoms with Gasteiger partial charge in [0.15, 0.2) is 16.0 Å². The zero-order valence-corrected chi connectivity index (χ0v) is 20.9. The highest BCUT2D eigenvalue weighted by atomic mass is 32.2. The Morgan fingerprint density at radius 1 is 1.28 bits per heavy atom. The second-order valence-corrected chi connectivity index (χ2v) is 12.1. The first kappa shape index (κ1) is 24.7. The van der Waals surface area contributed by atoms with Crippen LogP contribution in [-0.4, -0.2) is 22.5 Å². The van der Waals surface area contributed by atoms with Gasteiger partial charge in [-0.3, -0.25) is 9.36 Å². The van der Waals surface area contributed by atoms with E-state index in [0.29, 0.717) is 34.8 Å². The molecule has 0 aliphatic rings. The highest BCUT2D eigenvalue weighted by molar-refractivity contribution is 8.13. The summed E-state index contributed by atoms with van der Waals surface area (Å²) in [6.45, 7) is 6.23. The summed E-state index contributed by atoms with van der Waals surface area (Å²) in [4.78, 5) is 16.7. The number of furan rings is 1. The molecule has 0 fully saturated rings. The van der Waals surface area contributed by atoms with E-state index < -0.39 is 7.52 Å². The normalized spacial score (nSPS) is 13.4. The maximum absolute atomic E-state index is 13.8. The van der Waals surface area contributed by atoms with Crippen LogP contribution in [0.2, 0.25) is 0 Å². The standard InChI is InChI=1S/C22H28N3O4PS2/c1-15(2)13-19-21(25-22(23)32-19)18-9-10-20(29-18)30(27,28-11-12-31-16(3)26)24-14-17-7-5-4-6-8-17/h4-10,15H,11-14H2,1-3H3,(H2,23,25)(H,24,27). The van der Waals surface area contributed by atoms with Gasteiger partial charge in [-0.1, -0.05) is 55.9 Å². The number of hydrogen-bond donors (Lipinski definition) is 2. The lowest BCUT2D eigenvalue weighted by molar-refractivity contribution is -0.109. The molecule has 0 saturated carbocycles. The molecule has 3 N–H and O–H groups in total. The lowest BCUT2D eigenvalue weighted by Gasteiger charge is -2.17. The Kier molecular flexibility index (Phi) is 8.73. The van der Waals surface area contributed by atoms with Crippen LogP contribution in [0.15, 0.2) is 46.9 Å². The fourth-order valence-electron chi connectivity index (χ4n) is 3.01. The molecule has 1 unspecified atom stereocenters. The maximum atomic E-state index is 13.8. The van der Waals surface area contributed by atoms with Crippen LogP contribution in [0.3, 0.4) is 0 Å². The Morgan fingerprint density at radius 2 is 2.03 bits per heavy atom. The Morgan fingerprint density at radius 3 is 2.72 bits per heavy atom. The minimum Gasteiger partial charge on any atom is -0.448 e. The second kappa shape index (κ2) is 11.3. The summed E-state index contributed by atoms with van der Waals surface area (Å²) in [6, 6.07) is 13.0. The summed E-state index contributed by atoms with van der Waals surface area (Å²) in [7, 11) is -3.53. The summed E-state index contributed by atoms with van der Waals surface area (Å²) in [6.07, 6.45) is 0.822. The van der Waals surface area contributed by atoms with Gasteiger partial charge in [-0.25, -0.2) is 10.1 Å². The van der Waals surface area contributed by atoms with Gasteiger partial charge in [0.05, 0.1) is 6.61 Å². The fourth-order valence-corrected chi connectivity index (χ4v) is 6.24. The van der Waals surface area contributed by atoms with E-state index in [0.717, 1.165) is 28.6 Å². The van der Waals surface area contributed by atoms with Gasteiger partial charge in [0.2, 0.25) is 5.50 Å². The molecule has 2 heterocycles. The van der Waals surface area contributed by atoms with E-state index in [2.05, 4.69) is 23.9 Å². The molecular formula is C22H28N3O4PS2. The van der Waals surface area contributed by atoms with Crippen molar-refractivity contribution in [2.24, 2.45) is 5.92 Å². The van der Waals surface area contributed by atoms with Crippen molar-refractivity contribution < 1.29 is 18.3 Å². The molecule has 2 aromatic heterocycles. The first-order valence-corrected chi connectivity index (χ1v) is 13.7. The van der Waals surface area contributed by atoms with E-state index >= 15 is 0 Å². The van der Waals surface area contributed by atoms with Crippen LogP contribution in [0.5, 0.6) is 0 Å². The van der Waals surface area contributed by atoms with Crippen molar-refractivity contribution in [3.8, 4) is 11.5 Å². The summed E-state index contributed by atoms with van der Waals surface area (Å²) in [5.74, 6) is 1.34. The predicted octanol–water partition coefficient (Wildman–Crippen LogP) is 5.09. The van der Waals surface area contributed by atoms with E-state index in [1.54, 1.807) is 12.1 Å². The average molecular weight is 494 g/mol. The third-order valence-electron chi connectivity index (χ3n) is 4.42. The van der Waals surface area contributed by atoms with Crippen molar-refractivity contribution in [1.82, 2.24) is 10.1 Å². The van der Waals surface area contributed by atoms with Crippen molar-refractivity contribution in [2.75, 3.05) is 18.1 Å². The molecule has 0 amide bonds. The average Bonchev–Trinajstić information content (AvgIpc) is 3.37. The topological polar surface area (TPSA) is 107 Å². The number of benzene rings is 1. The molecule has 0 bridgehead atoms. The Labute approximate surface area is 196 Å². The maximum Gasteiger partial charge on any atom is 0.334 e. The first-order valence-electron chi connectivity index (χ1n) is 10.3. The van der Waals surface area contributed by atoms with Crippen LogP contribution in [0.25, 0.3) is 11.5 Å². The van der Waals surface area contributed by atoms with Crippen LogP contribution in [0, 0.1) is 5.92 Å². The van der Waals surface area contributed by atoms with Crippen molar-refractivity contribution >= 4 is 46.4 Å². The molecule has 172 valence electrons. The number of aromatic nitrogens is 1. The van der Waals surface area contributed by atoms with Gasteiger partial charge >= 0.3 is 7.52 Å². The van der Waals surface area contributed by atoms with E-state index in [-0.39, 0.29) is 17.2 Å². The molecule has 0 saturated heterocycles. The largest absolute Gasteiger partial charge is 0.448 e. The molecule has 0 aliphatic carbocycles. The van der Waals surface area contributed by atoms with Gasteiger partial charge < -0.3 is 14.7 Å². The first-order chi connectivity index (χ1) is 15.3. The summed E-state index contributed by atoms with van der Waals surface area (Å²) < 4.78 is 25.6. The predicted molar refractivity (Wildman–Crippen MR) is 132 cm³/mol. The number of nitrogens with one attached hydrogen (secondary N) is 1. The van der Waals surface area contributed by atoms with Gasteiger partial charge in [0.25, 0.3) is 0 Å². The number of anilines is 1. The quantitative estimate of drug-likeness (QED) is 0.281. The van der Waals surface area contributed by atoms with Crippen LogP contribution in [-0.2, 0) is 26.8 Å². The number of thiazole rings is 1. The number of carbonyl (C=O) groups is 1. The summed E-state index contributed by atoms with van der Waals surface area (Å²) in [5, 5.41) is 3.49. The molecule has 3 rings (SSSR count). The minimum atomic E-state index is -3.53. The van der Waals surface area contributed by atoms with E-state index in [1.165, 1.54) is 18.3 Å². The van der Waals surface area contributed by atoms with Crippen LogP contribution in [0.4, 0.5) is 5.13 Å². The fraction of sp³-hybridized carbons (Fsp3) is 0.364. The van der Waals surface area contributed by atoms with Gasteiger partial charge in [0, 0.05) is 24.1 Å². The number of carbonyl (C=O) groups excluding carboxylic acids is 1. The lowest BCUT2D eigenvalue weighted by Crippen LogP contribution is -2.21. The van der Waals surface area contributed by atoms with Crippen molar-refractivity contribution in [3.05, 3.63) is 52.9 Å². The Bertz CT molecular complexity index is 1080. The number of nitrogens with zero attached hydrogens (tertiary/aromatic N) is 1. The highest BCUT2D eigenvalue weighted by Crippen LogP contribution is 2.43. The third-order valence-corrected chi connectivity index (χ3v) is 8.04. The molecule has 1 aromatic carbocycles. The lowest BCUT2D eigenvalue weighted by atomic mass is 10.1. The third kappa shape index (κ3) is 6.80. The zero-order valence-electron chi connectivity index (χ0n) is 18.4. The van der Waals surface area contributed by atoms with Gasteiger partial charge in [0.1, 0.15) is 5.69 Å². The van der Waals surface area contributed by atoms with Crippen LogP contribution >= 0.6 is 30.6 Å². The highest BCUT2D eigenvalue weighted by Gasteiger charge is 2.31. The van der Waals surface area contributed by atoms with E-state index in [1.807, 2.05) is 30.3 Å². The minimum absolute atomic E-state index is 0.0141. The number of thioether (sulfide) groups is 1. The molecule has 0 radical (unpaired) electrons. The van der Waals surface area contributed by atoms with Gasteiger partial charge in [-0.15, -0.1) is 11.3 Å². The summed E-state index contributed by atoms with van der Waals surface area (Å²) >= 11 is 2.57. The van der Waals surface area contributed by atoms with Gasteiger partial charge in [-0.05, 0) is 30.0 Å². The second-order valence-electron chi connectivity index (χ2n) is 7.60. The van der Waals surface area contributed by atoms with Crippen molar-refractivity contribution in [2.45, 2.75) is 33.7 Å². The molecular weight excluding hydrogens is 465 g/mol. The van der Waals surface area contributed by atoms with Crippen LogP contribution in [0.1, 0.15) is 31.2 Å². The molecule has 0 aliphatic heterocycles. The van der Waals surface area contributed by atoms with Crippen molar-refractivity contribution in [1.29, 1.82) is 0 Å². The molecule has 0 spiro atoms. The Hall–Kier alpha value is -1.90. The molecule has 7 nitrogen and oxygen atoms in total. The summed E-state index contributed by atoms with van der Waals surface area (Å²) in [5.41, 5.74) is 7.79. The number of nitrogen functional groups attached to an aromatic ring is 1. The molecule has 32 heavy (non-hydrogen) atoms. The number of hydrogen-bond acceptors (Lipinski definition) is 8.